The molecule has 0 amide bonds. The SMILES string of the molecule is CN(Cc1ccccc1)CC1CCNCCO1. The van der Waals surface area contributed by atoms with E-state index in [0.717, 1.165) is 39.2 Å². The molecule has 1 fully saturated rings. The first kappa shape index (κ1) is 12.6. The van der Waals surface area contributed by atoms with Crippen molar-refractivity contribution in [3.8, 4) is 0 Å². The molecule has 1 unspecified atom stereocenters. The summed E-state index contributed by atoms with van der Waals surface area (Å²) in [4.78, 5) is 2.34. The smallest absolute Gasteiger partial charge is 0.0714 e. The van der Waals surface area contributed by atoms with Crippen LogP contribution in [0.2, 0.25) is 0 Å². The molecule has 94 valence electrons. The molecule has 3 nitrogen and oxygen atoms in total. The average Bonchev–Trinajstić information content (AvgIpc) is 2.59. The molecule has 1 aromatic rings. The van der Waals surface area contributed by atoms with E-state index in [2.05, 4.69) is 47.6 Å². The summed E-state index contributed by atoms with van der Waals surface area (Å²) in [5.41, 5.74) is 1.36. The second kappa shape index (κ2) is 6.74. The highest BCUT2D eigenvalue weighted by molar-refractivity contribution is 5.14. The van der Waals surface area contributed by atoms with Crippen molar-refractivity contribution >= 4 is 0 Å². The van der Waals surface area contributed by atoms with Crippen molar-refractivity contribution < 1.29 is 4.74 Å². The van der Waals surface area contributed by atoms with Gasteiger partial charge in [0.05, 0.1) is 12.7 Å². The molecule has 1 heterocycles. The lowest BCUT2D eigenvalue weighted by molar-refractivity contribution is 0.0396. The Morgan fingerprint density at radius 2 is 2.12 bits per heavy atom. The monoisotopic (exact) mass is 234 g/mol. The molecule has 17 heavy (non-hydrogen) atoms. The summed E-state index contributed by atoms with van der Waals surface area (Å²) in [5.74, 6) is 0. The number of likely N-dealkylation sites (N-methyl/N-ethyl adjacent to an activating group) is 1. The quantitative estimate of drug-likeness (QED) is 0.854. The molecule has 1 saturated heterocycles. The zero-order valence-electron chi connectivity index (χ0n) is 10.6. The molecule has 1 aromatic carbocycles. The Balaban J connectivity index is 1.78. The molecule has 3 heteroatoms. The van der Waals surface area contributed by atoms with E-state index in [1.807, 2.05) is 0 Å². The van der Waals surface area contributed by atoms with Crippen molar-refractivity contribution in [3.63, 3.8) is 0 Å². The van der Waals surface area contributed by atoms with Gasteiger partial charge in [-0.15, -0.1) is 0 Å². The van der Waals surface area contributed by atoms with Crippen LogP contribution in [0.4, 0.5) is 0 Å². The van der Waals surface area contributed by atoms with Crippen LogP contribution in [0, 0.1) is 0 Å². The third-order valence-corrected chi connectivity index (χ3v) is 3.09. The van der Waals surface area contributed by atoms with Crippen molar-refractivity contribution in [1.29, 1.82) is 0 Å². The van der Waals surface area contributed by atoms with Crippen LogP contribution in [-0.4, -0.2) is 44.3 Å². The second-order valence-corrected chi connectivity index (χ2v) is 4.71. The molecular weight excluding hydrogens is 212 g/mol. The molecule has 0 saturated carbocycles. The fourth-order valence-electron chi connectivity index (χ4n) is 2.22. The van der Waals surface area contributed by atoms with E-state index in [1.54, 1.807) is 0 Å². The number of hydrogen-bond acceptors (Lipinski definition) is 3. The van der Waals surface area contributed by atoms with Crippen LogP contribution in [0.1, 0.15) is 12.0 Å². The van der Waals surface area contributed by atoms with Gasteiger partial charge in [-0.1, -0.05) is 30.3 Å². The predicted molar refractivity (Wildman–Crippen MR) is 70.0 cm³/mol. The van der Waals surface area contributed by atoms with Crippen molar-refractivity contribution in [2.45, 2.75) is 19.1 Å². The van der Waals surface area contributed by atoms with Crippen LogP contribution in [-0.2, 0) is 11.3 Å². The fraction of sp³-hybridized carbons (Fsp3) is 0.571. The van der Waals surface area contributed by atoms with E-state index in [4.69, 9.17) is 4.74 Å². The number of ether oxygens (including phenoxy) is 1. The molecule has 1 N–H and O–H groups in total. The number of benzene rings is 1. The summed E-state index contributed by atoms with van der Waals surface area (Å²) in [7, 11) is 2.16. The first-order chi connectivity index (χ1) is 8.34. The van der Waals surface area contributed by atoms with Crippen LogP contribution in [0.25, 0.3) is 0 Å². The third-order valence-electron chi connectivity index (χ3n) is 3.09. The van der Waals surface area contributed by atoms with Crippen molar-refractivity contribution in [1.82, 2.24) is 10.2 Å². The highest BCUT2D eigenvalue weighted by Gasteiger charge is 2.14. The molecule has 0 aliphatic carbocycles. The summed E-state index contributed by atoms with van der Waals surface area (Å²) in [6.45, 7) is 4.90. The van der Waals surface area contributed by atoms with Gasteiger partial charge < -0.3 is 10.1 Å². The highest BCUT2D eigenvalue weighted by atomic mass is 16.5. The fourth-order valence-corrected chi connectivity index (χ4v) is 2.22. The number of nitrogens with zero attached hydrogens (tertiary/aromatic N) is 1. The predicted octanol–water partition coefficient (Wildman–Crippen LogP) is 1.50. The van der Waals surface area contributed by atoms with E-state index >= 15 is 0 Å². The lowest BCUT2D eigenvalue weighted by Gasteiger charge is -2.22. The molecule has 0 radical (unpaired) electrons. The maximum Gasteiger partial charge on any atom is 0.0714 e. The molecular formula is C14H22N2O. The Labute approximate surface area is 104 Å². The van der Waals surface area contributed by atoms with E-state index in [-0.39, 0.29) is 0 Å². The maximum absolute atomic E-state index is 5.81. The topological polar surface area (TPSA) is 24.5 Å². The van der Waals surface area contributed by atoms with Crippen LogP contribution >= 0.6 is 0 Å². The van der Waals surface area contributed by atoms with E-state index < -0.39 is 0 Å². The van der Waals surface area contributed by atoms with Gasteiger partial charge in [-0.05, 0) is 25.6 Å². The summed E-state index contributed by atoms with van der Waals surface area (Å²) in [6, 6.07) is 10.6. The maximum atomic E-state index is 5.81. The first-order valence-corrected chi connectivity index (χ1v) is 6.39. The number of nitrogens with one attached hydrogen (secondary N) is 1. The Bertz CT molecular complexity index is 307. The molecule has 1 aliphatic heterocycles. The number of hydrogen-bond donors (Lipinski definition) is 1. The molecule has 0 bridgehead atoms. The van der Waals surface area contributed by atoms with Crippen LogP contribution in [0.3, 0.4) is 0 Å². The molecule has 1 atom stereocenters. The Kier molecular flexibility index (Phi) is 4.98. The summed E-state index contributed by atoms with van der Waals surface area (Å²) >= 11 is 0. The minimum atomic E-state index is 0.374. The highest BCUT2D eigenvalue weighted by Crippen LogP contribution is 2.07. The Morgan fingerprint density at radius 1 is 1.29 bits per heavy atom. The molecule has 0 spiro atoms. The normalized spacial score (nSPS) is 21.4. The lowest BCUT2D eigenvalue weighted by Crippen LogP contribution is -2.31. The van der Waals surface area contributed by atoms with Gasteiger partial charge in [0.1, 0.15) is 0 Å². The van der Waals surface area contributed by atoms with Gasteiger partial charge >= 0.3 is 0 Å². The third kappa shape index (κ3) is 4.46. The largest absolute Gasteiger partial charge is 0.376 e. The number of rotatable bonds is 4. The van der Waals surface area contributed by atoms with Gasteiger partial charge in [0.2, 0.25) is 0 Å². The zero-order valence-corrected chi connectivity index (χ0v) is 10.6. The van der Waals surface area contributed by atoms with Crippen LogP contribution < -0.4 is 5.32 Å². The first-order valence-electron chi connectivity index (χ1n) is 6.39. The van der Waals surface area contributed by atoms with E-state index in [1.165, 1.54) is 5.56 Å². The summed E-state index contributed by atoms with van der Waals surface area (Å²) in [5, 5.41) is 3.36. The molecule has 2 rings (SSSR count). The minimum Gasteiger partial charge on any atom is -0.376 e. The van der Waals surface area contributed by atoms with Gasteiger partial charge in [-0.3, -0.25) is 4.90 Å². The van der Waals surface area contributed by atoms with Gasteiger partial charge in [0, 0.05) is 19.6 Å². The van der Waals surface area contributed by atoms with Crippen LogP contribution in [0.15, 0.2) is 30.3 Å². The summed E-state index contributed by atoms with van der Waals surface area (Å²) < 4.78 is 5.81. The Hall–Kier alpha value is -0.900. The van der Waals surface area contributed by atoms with Crippen molar-refractivity contribution in [2.75, 3.05) is 33.3 Å². The van der Waals surface area contributed by atoms with E-state index in [0.29, 0.717) is 6.10 Å². The van der Waals surface area contributed by atoms with Gasteiger partial charge in [-0.2, -0.15) is 0 Å². The van der Waals surface area contributed by atoms with Gasteiger partial charge in [-0.25, -0.2) is 0 Å². The molecule has 0 aromatic heterocycles. The second-order valence-electron chi connectivity index (χ2n) is 4.71. The Morgan fingerprint density at radius 3 is 2.94 bits per heavy atom. The van der Waals surface area contributed by atoms with E-state index in [9.17, 15) is 0 Å². The standard InChI is InChI=1S/C14H22N2O/c1-16(11-13-5-3-2-4-6-13)12-14-7-8-15-9-10-17-14/h2-6,14-15H,7-12H2,1H3. The zero-order chi connectivity index (χ0) is 11.9. The summed E-state index contributed by atoms with van der Waals surface area (Å²) in [6.07, 6.45) is 1.48. The van der Waals surface area contributed by atoms with Crippen LogP contribution in [0.5, 0.6) is 0 Å². The molecule has 1 aliphatic rings. The van der Waals surface area contributed by atoms with Gasteiger partial charge in [0.15, 0.2) is 0 Å². The van der Waals surface area contributed by atoms with Crippen molar-refractivity contribution in [3.05, 3.63) is 35.9 Å². The minimum absolute atomic E-state index is 0.374. The van der Waals surface area contributed by atoms with Crippen molar-refractivity contribution in [2.24, 2.45) is 0 Å². The van der Waals surface area contributed by atoms with Gasteiger partial charge in [0.25, 0.3) is 0 Å². The lowest BCUT2D eigenvalue weighted by atomic mass is 10.2. The average molecular weight is 234 g/mol.